The van der Waals surface area contributed by atoms with Gasteiger partial charge in [0, 0.05) is 5.75 Å². The van der Waals surface area contributed by atoms with Gasteiger partial charge in [-0.05, 0) is 19.1 Å². The summed E-state index contributed by atoms with van der Waals surface area (Å²) in [4.78, 5) is 8.97. The maximum absolute atomic E-state index is 9.89. The highest BCUT2D eigenvalue weighted by Crippen LogP contribution is 2.34. The Morgan fingerprint density at radius 2 is 2.00 bits per heavy atom. The zero-order valence-electron chi connectivity index (χ0n) is 8.77. The van der Waals surface area contributed by atoms with E-state index in [1.807, 2.05) is 24.3 Å². The number of hydrogen-bond donors (Lipinski definition) is 2. The van der Waals surface area contributed by atoms with Crippen molar-refractivity contribution in [3.05, 3.63) is 24.3 Å². The van der Waals surface area contributed by atoms with Crippen LogP contribution in [-0.4, -0.2) is 26.6 Å². The summed E-state index contributed by atoms with van der Waals surface area (Å²) in [6, 6.07) is 7.73. The SMILES string of the molecule is CC1(O)CSc2nc3ccccc3nc2N1. The molecule has 0 bridgehead atoms. The van der Waals surface area contributed by atoms with Crippen molar-refractivity contribution in [3.8, 4) is 0 Å². The van der Waals surface area contributed by atoms with Crippen LogP contribution in [0.25, 0.3) is 11.0 Å². The maximum atomic E-state index is 9.89. The molecule has 2 heterocycles. The zero-order chi connectivity index (χ0) is 11.2. The van der Waals surface area contributed by atoms with Crippen LogP contribution in [0.1, 0.15) is 6.92 Å². The Labute approximate surface area is 97.1 Å². The minimum atomic E-state index is -0.908. The van der Waals surface area contributed by atoms with Crippen molar-refractivity contribution in [1.82, 2.24) is 9.97 Å². The molecule has 2 N–H and O–H groups in total. The van der Waals surface area contributed by atoms with E-state index in [-0.39, 0.29) is 0 Å². The first-order valence-electron chi connectivity index (χ1n) is 5.04. The second kappa shape index (κ2) is 3.33. The summed E-state index contributed by atoms with van der Waals surface area (Å²) < 4.78 is 0. The Morgan fingerprint density at radius 3 is 2.75 bits per heavy atom. The molecule has 1 atom stereocenters. The van der Waals surface area contributed by atoms with E-state index < -0.39 is 5.72 Å². The van der Waals surface area contributed by atoms with Gasteiger partial charge in [0.2, 0.25) is 0 Å². The number of aliphatic hydroxyl groups is 1. The van der Waals surface area contributed by atoms with Gasteiger partial charge in [0.25, 0.3) is 0 Å². The van der Waals surface area contributed by atoms with Crippen molar-refractivity contribution in [2.24, 2.45) is 0 Å². The average Bonchev–Trinajstić information content (AvgIpc) is 2.25. The quantitative estimate of drug-likeness (QED) is 0.727. The fraction of sp³-hybridized carbons (Fsp3) is 0.273. The standard InChI is InChI=1S/C11H11N3OS/c1-11(15)6-16-10-9(14-11)12-7-4-2-3-5-8(7)13-10/h2-5,15H,6H2,1H3,(H,12,14). The largest absolute Gasteiger partial charge is 0.370 e. The molecule has 2 aromatic rings. The van der Waals surface area contributed by atoms with E-state index in [0.717, 1.165) is 16.1 Å². The lowest BCUT2D eigenvalue weighted by Gasteiger charge is -2.30. The van der Waals surface area contributed by atoms with Crippen LogP contribution >= 0.6 is 11.8 Å². The highest BCUT2D eigenvalue weighted by molar-refractivity contribution is 7.99. The third-order valence-electron chi connectivity index (χ3n) is 2.42. The fourth-order valence-electron chi connectivity index (χ4n) is 1.67. The van der Waals surface area contributed by atoms with Crippen molar-refractivity contribution >= 4 is 28.6 Å². The molecule has 0 amide bonds. The predicted octanol–water partition coefficient (Wildman–Crippen LogP) is 1.86. The number of nitrogens with zero attached hydrogens (tertiary/aromatic N) is 2. The van der Waals surface area contributed by atoms with Crippen molar-refractivity contribution in [2.45, 2.75) is 17.7 Å². The first-order chi connectivity index (χ1) is 7.64. The van der Waals surface area contributed by atoms with E-state index in [0.29, 0.717) is 11.6 Å². The summed E-state index contributed by atoms with van der Waals surface area (Å²) in [6.07, 6.45) is 0. The van der Waals surface area contributed by atoms with E-state index in [9.17, 15) is 5.11 Å². The molecule has 0 saturated heterocycles. The van der Waals surface area contributed by atoms with Crippen LogP contribution < -0.4 is 5.32 Å². The van der Waals surface area contributed by atoms with Crippen LogP contribution in [0, 0.1) is 0 Å². The molecule has 1 unspecified atom stereocenters. The van der Waals surface area contributed by atoms with Crippen LogP contribution in [0.15, 0.2) is 29.3 Å². The number of nitrogens with one attached hydrogen (secondary N) is 1. The van der Waals surface area contributed by atoms with Crippen molar-refractivity contribution in [3.63, 3.8) is 0 Å². The minimum Gasteiger partial charge on any atom is -0.370 e. The molecule has 0 radical (unpaired) electrons. The molecule has 0 aliphatic carbocycles. The number of aromatic nitrogens is 2. The number of hydrogen-bond acceptors (Lipinski definition) is 5. The molecule has 16 heavy (non-hydrogen) atoms. The number of anilines is 1. The molecule has 3 rings (SSSR count). The van der Waals surface area contributed by atoms with Crippen molar-refractivity contribution in [2.75, 3.05) is 11.1 Å². The molecule has 1 aromatic carbocycles. The number of fused-ring (bicyclic) bond motifs is 2. The molecular formula is C11H11N3OS. The third-order valence-corrected chi connectivity index (χ3v) is 3.68. The van der Waals surface area contributed by atoms with Gasteiger partial charge in [-0.2, -0.15) is 0 Å². The smallest absolute Gasteiger partial charge is 0.161 e. The number of thioether (sulfide) groups is 1. The first kappa shape index (κ1) is 9.86. The second-order valence-electron chi connectivity index (χ2n) is 4.05. The summed E-state index contributed by atoms with van der Waals surface area (Å²) >= 11 is 1.52. The molecule has 1 aliphatic heterocycles. The minimum absolute atomic E-state index is 0.576. The van der Waals surface area contributed by atoms with Gasteiger partial charge in [-0.3, -0.25) is 0 Å². The number of benzene rings is 1. The topological polar surface area (TPSA) is 58.0 Å². The van der Waals surface area contributed by atoms with Gasteiger partial charge >= 0.3 is 0 Å². The lowest BCUT2D eigenvalue weighted by atomic mass is 10.3. The molecule has 4 nitrogen and oxygen atoms in total. The average molecular weight is 233 g/mol. The van der Waals surface area contributed by atoms with Gasteiger partial charge in [0.1, 0.15) is 10.8 Å². The first-order valence-corrected chi connectivity index (χ1v) is 6.03. The van der Waals surface area contributed by atoms with Gasteiger partial charge in [0.15, 0.2) is 5.82 Å². The van der Waals surface area contributed by atoms with Crippen LogP contribution in [-0.2, 0) is 0 Å². The van der Waals surface area contributed by atoms with Gasteiger partial charge in [-0.25, -0.2) is 9.97 Å². The molecular weight excluding hydrogens is 222 g/mol. The van der Waals surface area contributed by atoms with Gasteiger partial charge in [-0.15, -0.1) is 0 Å². The second-order valence-corrected chi connectivity index (χ2v) is 5.02. The summed E-state index contributed by atoms with van der Waals surface area (Å²) in [7, 11) is 0. The summed E-state index contributed by atoms with van der Waals surface area (Å²) in [5.41, 5.74) is 0.818. The van der Waals surface area contributed by atoms with Crippen LogP contribution in [0.3, 0.4) is 0 Å². The van der Waals surface area contributed by atoms with Crippen LogP contribution in [0.5, 0.6) is 0 Å². The fourth-order valence-corrected chi connectivity index (χ4v) is 2.55. The molecule has 1 aliphatic rings. The van der Waals surface area contributed by atoms with E-state index in [4.69, 9.17) is 0 Å². The predicted molar refractivity (Wildman–Crippen MR) is 64.5 cm³/mol. The molecule has 0 spiro atoms. The zero-order valence-corrected chi connectivity index (χ0v) is 9.58. The van der Waals surface area contributed by atoms with Gasteiger partial charge in [0.05, 0.1) is 11.0 Å². The Balaban J connectivity index is 2.17. The highest BCUT2D eigenvalue weighted by atomic mass is 32.2. The Kier molecular flexibility index (Phi) is 2.05. The lowest BCUT2D eigenvalue weighted by Crippen LogP contribution is -2.40. The van der Waals surface area contributed by atoms with E-state index in [1.165, 1.54) is 11.8 Å². The van der Waals surface area contributed by atoms with Crippen molar-refractivity contribution in [1.29, 1.82) is 0 Å². The molecule has 0 saturated carbocycles. The van der Waals surface area contributed by atoms with Crippen molar-refractivity contribution < 1.29 is 5.11 Å². The monoisotopic (exact) mass is 233 g/mol. The van der Waals surface area contributed by atoms with E-state index >= 15 is 0 Å². The summed E-state index contributed by atoms with van der Waals surface area (Å²) in [5, 5.41) is 13.7. The van der Waals surface area contributed by atoms with Crippen LogP contribution in [0.4, 0.5) is 5.82 Å². The number of para-hydroxylation sites is 2. The van der Waals surface area contributed by atoms with Crippen LogP contribution in [0.2, 0.25) is 0 Å². The van der Waals surface area contributed by atoms with Gasteiger partial charge < -0.3 is 10.4 Å². The normalized spacial score (nSPS) is 23.9. The Hall–Kier alpha value is -1.33. The summed E-state index contributed by atoms with van der Waals surface area (Å²) in [6.45, 7) is 1.74. The molecule has 1 aromatic heterocycles. The third kappa shape index (κ3) is 1.62. The molecule has 0 fully saturated rings. The Morgan fingerprint density at radius 1 is 1.31 bits per heavy atom. The van der Waals surface area contributed by atoms with E-state index in [1.54, 1.807) is 6.92 Å². The lowest BCUT2D eigenvalue weighted by molar-refractivity contribution is 0.114. The molecule has 82 valence electrons. The Bertz CT molecular complexity index is 556. The van der Waals surface area contributed by atoms with Gasteiger partial charge in [-0.1, -0.05) is 23.9 Å². The van der Waals surface area contributed by atoms with E-state index in [2.05, 4.69) is 15.3 Å². The highest BCUT2D eigenvalue weighted by Gasteiger charge is 2.28. The maximum Gasteiger partial charge on any atom is 0.161 e. The number of rotatable bonds is 0. The summed E-state index contributed by atoms with van der Waals surface area (Å²) in [5.74, 6) is 1.24. The molecule has 5 heteroatoms.